The summed E-state index contributed by atoms with van der Waals surface area (Å²) in [5.74, 6) is -7.66. The van der Waals surface area contributed by atoms with Gasteiger partial charge in [0.1, 0.15) is 18.2 Å². The van der Waals surface area contributed by atoms with Crippen LogP contribution in [0.25, 0.3) is 16.7 Å². The van der Waals surface area contributed by atoms with Gasteiger partial charge in [0.15, 0.2) is 17.3 Å². The lowest BCUT2D eigenvalue weighted by Gasteiger charge is -2.11. The molecule has 4 rings (SSSR count). The maximum atomic E-state index is 15.2. The van der Waals surface area contributed by atoms with Gasteiger partial charge in [0.05, 0.1) is 56.7 Å². The molecular formula is C31H6F12N6. The maximum absolute atomic E-state index is 15.2. The number of alkyl halides is 9. The van der Waals surface area contributed by atoms with Crippen LogP contribution in [0.2, 0.25) is 0 Å². The Morgan fingerprint density at radius 3 is 1.24 bits per heavy atom. The fourth-order valence-electron chi connectivity index (χ4n) is 4.66. The zero-order chi connectivity index (χ0) is 36.8. The van der Waals surface area contributed by atoms with Crippen molar-refractivity contribution in [1.29, 1.82) is 26.3 Å². The van der Waals surface area contributed by atoms with Crippen molar-refractivity contribution in [2.75, 3.05) is 0 Å². The second kappa shape index (κ2) is 12.2. The highest BCUT2D eigenvalue weighted by molar-refractivity contribution is 6.12. The Morgan fingerprint density at radius 1 is 0.531 bits per heavy atom. The SMILES string of the molecule is N#CC(=C1C(=C(C#N)c2ccc(C(F)(F)F)cc2C#N)C1=C(C#N)c1c(F)c(F)nc(C(F)(F)F)c1F)c1ccc(C(F)(F)F)cc1C#N. The molecule has 0 spiro atoms. The number of rotatable bonds is 3. The summed E-state index contributed by atoms with van der Waals surface area (Å²) < 4.78 is 165. The van der Waals surface area contributed by atoms with Gasteiger partial charge in [0.25, 0.3) is 0 Å². The molecule has 0 bridgehead atoms. The van der Waals surface area contributed by atoms with Gasteiger partial charge in [-0.15, -0.1) is 0 Å². The molecule has 1 aliphatic carbocycles. The average Bonchev–Trinajstić information content (AvgIpc) is 3.74. The van der Waals surface area contributed by atoms with E-state index in [0.717, 1.165) is 6.07 Å². The summed E-state index contributed by atoms with van der Waals surface area (Å²) in [6, 6.07) is 9.26. The van der Waals surface area contributed by atoms with E-state index in [1.54, 1.807) is 0 Å². The molecule has 0 radical (unpaired) electrons. The van der Waals surface area contributed by atoms with Crippen molar-refractivity contribution in [3.63, 3.8) is 0 Å². The van der Waals surface area contributed by atoms with Gasteiger partial charge in [0, 0.05) is 27.8 Å². The molecule has 0 atom stereocenters. The van der Waals surface area contributed by atoms with Crippen molar-refractivity contribution < 1.29 is 52.7 Å². The van der Waals surface area contributed by atoms with Crippen molar-refractivity contribution in [3.8, 4) is 30.3 Å². The number of hydrogen-bond donors (Lipinski definition) is 0. The highest BCUT2D eigenvalue weighted by atomic mass is 19.4. The predicted molar refractivity (Wildman–Crippen MR) is 139 cm³/mol. The number of nitriles is 5. The van der Waals surface area contributed by atoms with Crippen LogP contribution in [-0.2, 0) is 18.5 Å². The number of nitrogens with zero attached hydrogens (tertiary/aromatic N) is 6. The lowest BCUT2D eigenvalue weighted by molar-refractivity contribution is -0.144. The third-order valence-corrected chi connectivity index (χ3v) is 6.80. The van der Waals surface area contributed by atoms with E-state index in [1.807, 2.05) is 0 Å². The predicted octanol–water partition coefficient (Wildman–Crippen LogP) is 8.54. The monoisotopic (exact) mass is 690 g/mol. The van der Waals surface area contributed by atoms with Gasteiger partial charge >= 0.3 is 18.5 Å². The van der Waals surface area contributed by atoms with Crippen LogP contribution < -0.4 is 0 Å². The molecule has 3 aromatic rings. The largest absolute Gasteiger partial charge is 0.436 e. The Kier molecular flexibility index (Phi) is 8.80. The molecule has 6 nitrogen and oxygen atoms in total. The summed E-state index contributed by atoms with van der Waals surface area (Å²) in [6.07, 6.45) is -15.8. The van der Waals surface area contributed by atoms with Crippen molar-refractivity contribution >= 4 is 16.7 Å². The average molecular weight is 690 g/mol. The lowest BCUT2D eigenvalue weighted by Crippen LogP contribution is -2.16. The topological polar surface area (TPSA) is 132 Å². The Morgan fingerprint density at radius 2 is 0.918 bits per heavy atom. The van der Waals surface area contributed by atoms with E-state index in [0.29, 0.717) is 24.3 Å². The van der Waals surface area contributed by atoms with Crippen molar-refractivity contribution in [2.45, 2.75) is 18.5 Å². The molecule has 1 aromatic heterocycles. The molecule has 0 amide bonds. The third kappa shape index (κ3) is 6.26. The summed E-state index contributed by atoms with van der Waals surface area (Å²) in [5.41, 5.74) is -16.5. The summed E-state index contributed by atoms with van der Waals surface area (Å²) in [5, 5.41) is 49.2. The molecule has 244 valence electrons. The minimum atomic E-state index is -5.78. The minimum absolute atomic E-state index is 0.273. The molecule has 1 heterocycles. The van der Waals surface area contributed by atoms with Crippen LogP contribution in [0.4, 0.5) is 52.7 Å². The van der Waals surface area contributed by atoms with Crippen LogP contribution in [-0.4, -0.2) is 4.98 Å². The second-order valence-electron chi connectivity index (χ2n) is 9.58. The highest BCUT2D eigenvalue weighted by Crippen LogP contribution is 2.57. The summed E-state index contributed by atoms with van der Waals surface area (Å²) >= 11 is 0. The molecule has 1 saturated carbocycles. The fraction of sp³-hybridized carbons (Fsp3) is 0.0968. The van der Waals surface area contributed by atoms with Crippen molar-refractivity contribution in [1.82, 2.24) is 4.98 Å². The first-order chi connectivity index (χ1) is 22.8. The summed E-state index contributed by atoms with van der Waals surface area (Å²) in [4.78, 5) is 2.18. The van der Waals surface area contributed by atoms with Crippen LogP contribution >= 0.6 is 0 Å². The first-order valence-corrected chi connectivity index (χ1v) is 12.6. The molecule has 0 aliphatic heterocycles. The Hall–Kier alpha value is -6.58. The number of halogens is 12. The first-order valence-electron chi connectivity index (χ1n) is 12.6. The Labute approximate surface area is 265 Å². The van der Waals surface area contributed by atoms with Gasteiger partial charge in [-0.05, 0) is 24.3 Å². The van der Waals surface area contributed by atoms with Crippen LogP contribution in [0.5, 0.6) is 0 Å². The van der Waals surface area contributed by atoms with E-state index in [4.69, 9.17) is 0 Å². The van der Waals surface area contributed by atoms with E-state index in [1.165, 1.54) is 24.3 Å². The van der Waals surface area contributed by atoms with Crippen LogP contribution in [0.1, 0.15) is 44.6 Å². The number of aromatic nitrogens is 1. The van der Waals surface area contributed by atoms with Crippen LogP contribution in [0.3, 0.4) is 0 Å². The molecule has 1 aliphatic rings. The Bertz CT molecular complexity index is 2160. The molecule has 0 N–H and O–H groups in total. The first kappa shape index (κ1) is 35.3. The molecule has 1 fully saturated rings. The zero-order valence-corrected chi connectivity index (χ0v) is 23.2. The number of benzene rings is 2. The van der Waals surface area contributed by atoms with E-state index in [9.17, 15) is 74.6 Å². The Balaban J connectivity index is 2.26. The fourth-order valence-corrected chi connectivity index (χ4v) is 4.66. The highest BCUT2D eigenvalue weighted by Gasteiger charge is 2.46. The van der Waals surface area contributed by atoms with E-state index in [2.05, 4.69) is 4.98 Å². The van der Waals surface area contributed by atoms with Crippen LogP contribution in [0, 0.1) is 74.2 Å². The van der Waals surface area contributed by atoms with E-state index in [-0.39, 0.29) is 12.1 Å². The molecule has 0 saturated heterocycles. The van der Waals surface area contributed by atoms with E-state index >= 15 is 4.39 Å². The van der Waals surface area contributed by atoms with Gasteiger partial charge in [-0.25, -0.2) is 13.8 Å². The van der Waals surface area contributed by atoms with Gasteiger partial charge in [-0.2, -0.15) is 70.2 Å². The molecular weight excluding hydrogens is 684 g/mol. The van der Waals surface area contributed by atoms with E-state index < -0.39 is 114 Å². The minimum Gasteiger partial charge on any atom is -0.209 e. The number of allylic oxidation sites excluding steroid dienone is 6. The van der Waals surface area contributed by atoms with Gasteiger partial charge in [-0.1, -0.05) is 12.1 Å². The quantitative estimate of drug-likeness (QED) is 0.154. The molecule has 49 heavy (non-hydrogen) atoms. The zero-order valence-electron chi connectivity index (χ0n) is 23.2. The molecule has 0 unspecified atom stereocenters. The number of pyridine rings is 1. The summed E-state index contributed by atoms with van der Waals surface area (Å²) in [6.45, 7) is 0. The van der Waals surface area contributed by atoms with Crippen molar-refractivity contribution in [2.24, 2.45) is 0 Å². The third-order valence-electron chi connectivity index (χ3n) is 6.80. The second-order valence-corrected chi connectivity index (χ2v) is 9.58. The molecule has 18 heteroatoms. The van der Waals surface area contributed by atoms with Gasteiger partial charge < -0.3 is 0 Å². The summed E-state index contributed by atoms with van der Waals surface area (Å²) in [7, 11) is 0. The maximum Gasteiger partial charge on any atom is 0.436 e. The lowest BCUT2D eigenvalue weighted by atomic mass is 9.96. The smallest absolute Gasteiger partial charge is 0.209 e. The van der Waals surface area contributed by atoms with Gasteiger partial charge in [0.2, 0.25) is 5.95 Å². The number of hydrogen-bond acceptors (Lipinski definition) is 6. The van der Waals surface area contributed by atoms with Crippen molar-refractivity contribution in [3.05, 3.63) is 115 Å². The standard InChI is InChI=1S/C31H6F12N6/c32-25-24(26(33)28(34)49-27(25)31(41,42)43)20(11-48)23-21(18(9-46)16-3-1-14(29(35,36)37)5-12(16)7-44)22(23)19(10-47)17-4-2-15(30(38,39)40)6-13(17)8-45/h1-6H. The van der Waals surface area contributed by atoms with Gasteiger partial charge in [-0.3, -0.25) is 0 Å². The van der Waals surface area contributed by atoms with Crippen LogP contribution in [0.15, 0.2) is 53.1 Å². The molecule has 2 aromatic carbocycles. The normalized spacial score (nSPS) is 14.9.